The van der Waals surface area contributed by atoms with E-state index >= 15 is 0 Å². The van der Waals surface area contributed by atoms with Gasteiger partial charge in [0.1, 0.15) is 46.8 Å². The van der Waals surface area contributed by atoms with Crippen molar-refractivity contribution in [3.8, 4) is 17.2 Å². The average Bonchev–Trinajstić information content (AvgIpc) is 2.96. The van der Waals surface area contributed by atoms with E-state index in [1.807, 2.05) is 0 Å². The van der Waals surface area contributed by atoms with Crippen molar-refractivity contribution >= 4 is 52.2 Å². The van der Waals surface area contributed by atoms with Crippen LogP contribution in [0.4, 0.5) is 33.5 Å². The molecule has 0 unspecified atom stereocenters. The van der Waals surface area contributed by atoms with Crippen molar-refractivity contribution < 1.29 is 28.5 Å². The fraction of sp³-hybridized carbons (Fsp3) is 0.259. The molecule has 40 heavy (non-hydrogen) atoms. The molecule has 3 aromatic rings. The zero-order valence-corrected chi connectivity index (χ0v) is 23.6. The van der Waals surface area contributed by atoms with Crippen molar-refractivity contribution in [2.75, 3.05) is 62.4 Å². The number of anilines is 5. The Morgan fingerprint density at radius 2 is 1.77 bits per heavy atom. The van der Waals surface area contributed by atoms with Crippen LogP contribution in [-0.4, -0.2) is 63.5 Å². The van der Waals surface area contributed by atoms with Gasteiger partial charge in [0.05, 0.1) is 37.9 Å². The number of hydrogen-bond donors (Lipinski definition) is 3. The van der Waals surface area contributed by atoms with Gasteiger partial charge < -0.3 is 34.9 Å². The second kappa shape index (κ2) is 14.0. The predicted octanol–water partition coefficient (Wildman–Crippen LogP) is 5.02. The smallest absolute Gasteiger partial charge is 0.327 e. The maximum atomic E-state index is 13.2. The van der Waals surface area contributed by atoms with E-state index < -0.39 is 11.9 Å². The van der Waals surface area contributed by atoms with Gasteiger partial charge in [0.25, 0.3) is 0 Å². The number of methoxy groups -OCH3 is 3. The maximum Gasteiger partial charge on any atom is 0.327 e. The molecule has 0 atom stereocenters. The van der Waals surface area contributed by atoms with Crippen molar-refractivity contribution in [2.24, 2.45) is 0 Å². The molecule has 2 aromatic carbocycles. The number of benzene rings is 2. The van der Waals surface area contributed by atoms with Crippen molar-refractivity contribution in [3.05, 3.63) is 59.9 Å². The number of hydrogen-bond acceptors (Lipinski definition) is 9. The van der Waals surface area contributed by atoms with Gasteiger partial charge >= 0.3 is 6.03 Å². The van der Waals surface area contributed by atoms with Gasteiger partial charge in [-0.15, -0.1) is 0 Å². The van der Waals surface area contributed by atoms with Crippen LogP contribution < -0.4 is 35.1 Å². The number of nitrogens with zero attached hydrogens (tertiary/aromatic N) is 3. The number of urea groups is 1. The van der Waals surface area contributed by atoms with E-state index in [1.165, 1.54) is 25.4 Å². The van der Waals surface area contributed by atoms with Gasteiger partial charge in [0.2, 0.25) is 5.91 Å². The molecular formula is C27H31ClN6O6. The summed E-state index contributed by atoms with van der Waals surface area (Å²) in [5.74, 6) is 1.64. The Morgan fingerprint density at radius 3 is 2.45 bits per heavy atom. The highest BCUT2D eigenvalue weighted by atomic mass is 35.5. The molecule has 0 radical (unpaired) electrons. The molecule has 1 heterocycles. The van der Waals surface area contributed by atoms with E-state index in [4.69, 9.17) is 30.5 Å². The summed E-state index contributed by atoms with van der Waals surface area (Å²) in [4.78, 5) is 34.9. The Hall–Kier alpha value is -4.55. The molecule has 212 valence electrons. The van der Waals surface area contributed by atoms with E-state index in [0.29, 0.717) is 58.9 Å². The fourth-order valence-electron chi connectivity index (χ4n) is 3.49. The van der Waals surface area contributed by atoms with Gasteiger partial charge in [-0.1, -0.05) is 18.2 Å². The lowest BCUT2D eigenvalue weighted by Gasteiger charge is -2.21. The lowest BCUT2D eigenvalue weighted by molar-refractivity contribution is -0.111. The van der Waals surface area contributed by atoms with Gasteiger partial charge in [-0.2, -0.15) is 0 Å². The molecule has 13 heteroatoms. The highest BCUT2D eigenvalue weighted by Gasteiger charge is 2.21. The van der Waals surface area contributed by atoms with Crippen LogP contribution in [0.15, 0.2) is 49.3 Å². The lowest BCUT2D eigenvalue weighted by atomic mass is 10.1. The molecule has 3 N–H and O–H groups in total. The fourth-order valence-corrected chi connectivity index (χ4v) is 3.82. The first-order valence-corrected chi connectivity index (χ1v) is 12.3. The standard InChI is InChI=1S/C27H31ClN6O6/c1-7-24(35)32-19-12-17(40-11-10-37-4)8-9-18(19)31-22-14-23(30-15-29-22)34(3)27(36)33-26-16(2)20(38-5)13-21(39-6)25(26)28/h7-9,12-15H,1,10-11H2,2-6H3,(H,32,35)(H,33,36)(H,29,30,31). The molecule has 0 fully saturated rings. The first-order valence-electron chi connectivity index (χ1n) is 12.0. The minimum atomic E-state index is -0.513. The van der Waals surface area contributed by atoms with E-state index in [9.17, 15) is 9.59 Å². The summed E-state index contributed by atoms with van der Waals surface area (Å²) < 4.78 is 21.3. The summed E-state index contributed by atoms with van der Waals surface area (Å²) in [6.45, 7) is 6.02. The quantitative estimate of drug-likeness (QED) is 0.202. The van der Waals surface area contributed by atoms with Gasteiger partial charge in [-0.25, -0.2) is 14.8 Å². The minimum Gasteiger partial charge on any atom is -0.496 e. The van der Waals surface area contributed by atoms with Gasteiger partial charge in [0, 0.05) is 37.9 Å². The van der Waals surface area contributed by atoms with E-state index in [1.54, 1.807) is 51.4 Å². The summed E-state index contributed by atoms with van der Waals surface area (Å²) in [6.07, 6.45) is 2.46. The number of amides is 3. The highest BCUT2D eigenvalue weighted by Crippen LogP contribution is 2.40. The van der Waals surface area contributed by atoms with E-state index in [-0.39, 0.29) is 10.8 Å². The third kappa shape index (κ3) is 7.30. The summed E-state index contributed by atoms with van der Waals surface area (Å²) in [7, 11) is 6.11. The number of carbonyl (C=O) groups excluding carboxylic acids is 2. The van der Waals surface area contributed by atoms with E-state index in [2.05, 4.69) is 32.5 Å². The Labute approximate surface area is 237 Å². The first-order chi connectivity index (χ1) is 19.2. The molecule has 3 rings (SSSR count). The van der Waals surface area contributed by atoms with Crippen LogP contribution in [0.5, 0.6) is 17.2 Å². The maximum absolute atomic E-state index is 13.2. The van der Waals surface area contributed by atoms with Crippen LogP contribution >= 0.6 is 11.6 Å². The summed E-state index contributed by atoms with van der Waals surface area (Å²) in [5, 5.41) is 8.90. The average molecular weight is 571 g/mol. The van der Waals surface area contributed by atoms with Crippen LogP contribution in [0, 0.1) is 6.92 Å². The second-order valence-corrected chi connectivity index (χ2v) is 8.59. The van der Waals surface area contributed by atoms with E-state index in [0.717, 1.165) is 6.08 Å². The van der Waals surface area contributed by atoms with Crippen molar-refractivity contribution in [1.82, 2.24) is 9.97 Å². The molecule has 0 aliphatic rings. The molecule has 1 aromatic heterocycles. The monoisotopic (exact) mass is 570 g/mol. The molecule has 12 nitrogen and oxygen atoms in total. The summed E-state index contributed by atoms with van der Waals surface area (Å²) in [6, 6.07) is 7.82. The lowest BCUT2D eigenvalue weighted by Crippen LogP contribution is -2.32. The van der Waals surface area contributed by atoms with Crippen LogP contribution in [0.25, 0.3) is 0 Å². The molecule has 3 amide bonds. The van der Waals surface area contributed by atoms with Gasteiger partial charge in [-0.3, -0.25) is 9.69 Å². The zero-order valence-electron chi connectivity index (χ0n) is 22.8. The molecular weight excluding hydrogens is 540 g/mol. The summed E-state index contributed by atoms with van der Waals surface area (Å²) >= 11 is 6.46. The number of halogens is 1. The minimum absolute atomic E-state index is 0.233. The topological polar surface area (TPSA) is 136 Å². The molecule has 0 spiro atoms. The second-order valence-electron chi connectivity index (χ2n) is 8.21. The SMILES string of the molecule is C=CC(=O)Nc1cc(OCCOC)ccc1Nc1cc(N(C)C(=O)Nc2c(C)c(OC)cc(OC)c2Cl)ncn1. The third-order valence-corrected chi connectivity index (χ3v) is 6.04. The molecule has 0 saturated carbocycles. The number of nitrogens with one attached hydrogen (secondary N) is 3. The molecule has 0 saturated heterocycles. The van der Waals surface area contributed by atoms with Crippen LogP contribution in [-0.2, 0) is 9.53 Å². The summed E-state index contributed by atoms with van der Waals surface area (Å²) in [5.41, 5.74) is 1.93. The number of carbonyl (C=O) groups is 2. The Balaban J connectivity index is 1.83. The van der Waals surface area contributed by atoms with Crippen molar-refractivity contribution in [3.63, 3.8) is 0 Å². The normalized spacial score (nSPS) is 10.3. The molecule has 0 aliphatic heterocycles. The van der Waals surface area contributed by atoms with Crippen LogP contribution in [0.1, 0.15) is 5.56 Å². The van der Waals surface area contributed by atoms with Crippen molar-refractivity contribution in [1.29, 1.82) is 0 Å². The zero-order chi connectivity index (χ0) is 29.2. The molecule has 0 bridgehead atoms. The third-order valence-electron chi connectivity index (χ3n) is 5.67. The first kappa shape index (κ1) is 30.0. The van der Waals surface area contributed by atoms with Gasteiger partial charge in [0.15, 0.2) is 0 Å². The van der Waals surface area contributed by atoms with Crippen LogP contribution in [0.3, 0.4) is 0 Å². The Morgan fingerprint density at radius 1 is 1.02 bits per heavy atom. The Bertz CT molecular complexity index is 1360. The van der Waals surface area contributed by atoms with Crippen LogP contribution in [0.2, 0.25) is 5.02 Å². The molecule has 0 aliphatic carbocycles. The number of ether oxygens (including phenoxy) is 4. The highest BCUT2D eigenvalue weighted by molar-refractivity contribution is 6.35. The predicted molar refractivity (Wildman–Crippen MR) is 155 cm³/mol. The number of rotatable bonds is 12. The largest absolute Gasteiger partial charge is 0.496 e. The van der Waals surface area contributed by atoms with Gasteiger partial charge in [-0.05, 0) is 25.1 Å². The number of aromatic nitrogens is 2. The van der Waals surface area contributed by atoms with Crippen molar-refractivity contribution in [2.45, 2.75) is 6.92 Å². The Kier molecular flexibility index (Phi) is 10.5.